The molecule has 1 aliphatic heterocycles. The van der Waals surface area contributed by atoms with E-state index in [2.05, 4.69) is 0 Å². The van der Waals surface area contributed by atoms with Crippen molar-refractivity contribution in [2.24, 2.45) is 17.1 Å². The van der Waals surface area contributed by atoms with Gasteiger partial charge in [0.15, 0.2) is 0 Å². The van der Waals surface area contributed by atoms with Gasteiger partial charge in [0.2, 0.25) is 5.91 Å². The van der Waals surface area contributed by atoms with Crippen molar-refractivity contribution in [2.45, 2.75) is 58.2 Å². The molecule has 0 radical (unpaired) electrons. The highest BCUT2D eigenvalue weighted by atomic mass is 16.4. The molecule has 1 saturated heterocycles. The largest absolute Gasteiger partial charge is 0.480 e. The minimum absolute atomic E-state index is 0.0313. The van der Waals surface area contributed by atoms with Crippen LogP contribution in [0.4, 0.5) is 0 Å². The molecule has 1 aliphatic carbocycles. The average molecular weight is 254 g/mol. The molecular formula is C13H22N2O3. The van der Waals surface area contributed by atoms with E-state index >= 15 is 0 Å². The number of hydrogen-bond acceptors (Lipinski definition) is 3. The smallest absolute Gasteiger partial charge is 0.326 e. The van der Waals surface area contributed by atoms with Crippen LogP contribution in [0.2, 0.25) is 0 Å². The maximum atomic E-state index is 12.3. The van der Waals surface area contributed by atoms with Gasteiger partial charge >= 0.3 is 5.97 Å². The number of hydrogen-bond donors (Lipinski definition) is 2. The molecule has 1 saturated carbocycles. The number of carboxylic acids is 1. The van der Waals surface area contributed by atoms with E-state index in [4.69, 9.17) is 10.8 Å². The van der Waals surface area contributed by atoms with Crippen LogP contribution >= 0.6 is 0 Å². The number of likely N-dealkylation sites (tertiary alicyclic amines) is 1. The molecule has 2 aliphatic rings. The van der Waals surface area contributed by atoms with Crippen molar-refractivity contribution in [1.82, 2.24) is 4.90 Å². The van der Waals surface area contributed by atoms with E-state index in [0.29, 0.717) is 18.8 Å². The molecule has 5 nitrogen and oxygen atoms in total. The number of piperidine rings is 1. The van der Waals surface area contributed by atoms with E-state index in [1.807, 2.05) is 20.8 Å². The highest BCUT2D eigenvalue weighted by Gasteiger charge is 2.56. The van der Waals surface area contributed by atoms with Gasteiger partial charge in [-0.25, -0.2) is 4.79 Å². The molecule has 4 atom stereocenters. The molecule has 0 aromatic rings. The summed E-state index contributed by atoms with van der Waals surface area (Å²) in [5.74, 6) is -0.710. The average Bonchev–Trinajstić information content (AvgIpc) is 2.86. The quantitative estimate of drug-likeness (QED) is 0.781. The summed E-state index contributed by atoms with van der Waals surface area (Å²) in [6, 6.07) is -1.12. The number of fused-ring (bicyclic) bond motifs is 1. The summed E-state index contributed by atoms with van der Waals surface area (Å²) >= 11 is 0. The van der Waals surface area contributed by atoms with Crippen molar-refractivity contribution in [3.8, 4) is 0 Å². The topological polar surface area (TPSA) is 83.6 Å². The summed E-state index contributed by atoms with van der Waals surface area (Å²) in [6.07, 6.45) is 2.11. The highest BCUT2D eigenvalue weighted by molar-refractivity contribution is 5.88. The van der Waals surface area contributed by atoms with Crippen LogP contribution < -0.4 is 5.73 Å². The molecule has 0 bridgehead atoms. The molecule has 3 N–H and O–H groups in total. The molecule has 1 heterocycles. The first-order chi connectivity index (χ1) is 8.20. The number of amides is 1. The molecule has 18 heavy (non-hydrogen) atoms. The van der Waals surface area contributed by atoms with Crippen LogP contribution in [-0.4, -0.2) is 40.0 Å². The lowest BCUT2D eigenvalue weighted by atomic mass is 9.88. The van der Waals surface area contributed by atoms with Crippen molar-refractivity contribution in [3.63, 3.8) is 0 Å². The third-order valence-corrected chi connectivity index (χ3v) is 3.79. The van der Waals surface area contributed by atoms with Gasteiger partial charge < -0.3 is 15.7 Å². The number of nitrogens with zero attached hydrogens (tertiary/aromatic N) is 1. The fraction of sp³-hybridized carbons (Fsp3) is 0.846. The van der Waals surface area contributed by atoms with Crippen LogP contribution in [0.3, 0.4) is 0 Å². The number of carboxylic acid groups (broad SMARTS) is 1. The molecule has 0 aromatic heterocycles. The van der Waals surface area contributed by atoms with Crippen molar-refractivity contribution in [1.29, 1.82) is 0 Å². The van der Waals surface area contributed by atoms with Crippen LogP contribution in [-0.2, 0) is 9.59 Å². The zero-order valence-corrected chi connectivity index (χ0v) is 11.2. The first-order valence-corrected chi connectivity index (χ1v) is 6.51. The van der Waals surface area contributed by atoms with E-state index in [1.54, 1.807) is 0 Å². The predicted octanol–water partition coefficient (Wildman–Crippen LogP) is 0.824. The Kier molecular flexibility index (Phi) is 3.13. The van der Waals surface area contributed by atoms with E-state index in [9.17, 15) is 9.59 Å². The summed E-state index contributed by atoms with van der Waals surface area (Å²) in [6.45, 7) is 6.08. The minimum atomic E-state index is -0.904. The van der Waals surface area contributed by atoms with Crippen molar-refractivity contribution >= 4 is 11.9 Å². The van der Waals surface area contributed by atoms with Gasteiger partial charge in [0.1, 0.15) is 6.04 Å². The van der Waals surface area contributed by atoms with Gasteiger partial charge in [-0.3, -0.25) is 4.79 Å². The lowest BCUT2D eigenvalue weighted by Crippen LogP contribution is -2.51. The molecular weight excluding hydrogens is 232 g/mol. The van der Waals surface area contributed by atoms with Gasteiger partial charge in [-0.05, 0) is 30.6 Å². The molecule has 5 heteroatoms. The van der Waals surface area contributed by atoms with Crippen molar-refractivity contribution in [2.75, 3.05) is 0 Å². The number of nitrogens with two attached hydrogens (primary N) is 1. The van der Waals surface area contributed by atoms with Crippen molar-refractivity contribution in [3.05, 3.63) is 0 Å². The maximum absolute atomic E-state index is 12.3. The normalized spacial score (nSPS) is 32.0. The Hall–Kier alpha value is -1.10. The van der Waals surface area contributed by atoms with Crippen LogP contribution in [0, 0.1) is 11.3 Å². The first kappa shape index (κ1) is 13.3. The van der Waals surface area contributed by atoms with Gasteiger partial charge in [-0.2, -0.15) is 0 Å². The zero-order valence-electron chi connectivity index (χ0n) is 11.2. The van der Waals surface area contributed by atoms with Crippen molar-refractivity contribution < 1.29 is 14.7 Å². The molecule has 0 aromatic carbocycles. The zero-order chi connectivity index (χ0) is 13.7. The van der Waals surface area contributed by atoms with E-state index in [-0.39, 0.29) is 17.4 Å². The Labute approximate surface area is 107 Å². The molecule has 102 valence electrons. The van der Waals surface area contributed by atoms with Gasteiger partial charge in [-0.1, -0.05) is 20.8 Å². The van der Waals surface area contributed by atoms with Crippen LogP contribution in [0.1, 0.15) is 40.0 Å². The minimum Gasteiger partial charge on any atom is -0.480 e. The molecule has 2 fully saturated rings. The van der Waals surface area contributed by atoms with E-state index in [1.165, 1.54) is 4.90 Å². The Balaban J connectivity index is 2.05. The Morgan fingerprint density at radius 1 is 1.39 bits per heavy atom. The van der Waals surface area contributed by atoms with Crippen LogP contribution in [0.5, 0.6) is 0 Å². The number of aliphatic carboxylic acids is 1. The predicted molar refractivity (Wildman–Crippen MR) is 66.8 cm³/mol. The summed E-state index contributed by atoms with van der Waals surface area (Å²) in [5.41, 5.74) is 5.91. The lowest BCUT2D eigenvalue weighted by Gasteiger charge is -2.30. The van der Waals surface area contributed by atoms with Gasteiger partial charge in [0, 0.05) is 6.04 Å². The Morgan fingerprint density at radius 2 is 2.00 bits per heavy atom. The fourth-order valence-corrected chi connectivity index (χ4v) is 2.93. The van der Waals surface area contributed by atoms with Gasteiger partial charge in [0.05, 0.1) is 6.04 Å². The second kappa shape index (κ2) is 4.23. The third-order valence-electron chi connectivity index (χ3n) is 3.79. The standard InChI is InChI=1S/C13H22N2O3/c1-13(2,3)6-8(14)11(16)15-9-4-7(9)5-10(15)12(17)18/h7-10H,4-6,14H2,1-3H3,(H,17,18)/t7-,8+,9-,10-/m0/s1. The van der Waals surface area contributed by atoms with E-state index in [0.717, 1.165) is 6.42 Å². The third kappa shape index (κ3) is 2.51. The summed E-state index contributed by atoms with van der Waals surface area (Å²) < 4.78 is 0. The van der Waals surface area contributed by atoms with Crippen LogP contribution in [0.15, 0.2) is 0 Å². The SMILES string of the molecule is CC(C)(C)C[C@@H](N)C(=O)N1[C@H](C(=O)O)C[C@@H]2C[C@@H]21. The second-order valence-electron chi connectivity index (χ2n) is 6.77. The molecule has 0 spiro atoms. The summed E-state index contributed by atoms with van der Waals surface area (Å²) in [5, 5.41) is 9.15. The molecule has 1 amide bonds. The number of carbonyl (C=O) groups is 2. The summed E-state index contributed by atoms with van der Waals surface area (Å²) in [4.78, 5) is 25.0. The Bertz CT molecular complexity index is 375. The lowest BCUT2D eigenvalue weighted by molar-refractivity contribution is -0.150. The highest BCUT2D eigenvalue weighted by Crippen LogP contribution is 2.48. The summed E-state index contributed by atoms with van der Waals surface area (Å²) in [7, 11) is 0. The monoisotopic (exact) mass is 254 g/mol. The van der Waals surface area contributed by atoms with Gasteiger partial charge in [-0.15, -0.1) is 0 Å². The second-order valence-corrected chi connectivity index (χ2v) is 6.77. The maximum Gasteiger partial charge on any atom is 0.326 e. The molecule has 0 unspecified atom stereocenters. The first-order valence-electron chi connectivity index (χ1n) is 6.51. The molecule has 2 rings (SSSR count). The van der Waals surface area contributed by atoms with Crippen LogP contribution in [0.25, 0.3) is 0 Å². The number of rotatable bonds is 3. The Morgan fingerprint density at radius 3 is 2.50 bits per heavy atom. The van der Waals surface area contributed by atoms with E-state index < -0.39 is 18.1 Å². The van der Waals surface area contributed by atoms with Gasteiger partial charge in [0.25, 0.3) is 0 Å². The number of carbonyl (C=O) groups excluding carboxylic acids is 1. The fourth-order valence-electron chi connectivity index (χ4n) is 2.93.